The van der Waals surface area contributed by atoms with Crippen molar-refractivity contribution in [3.05, 3.63) is 28.7 Å². The fourth-order valence-corrected chi connectivity index (χ4v) is 3.51. The van der Waals surface area contributed by atoms with E-state index in [0.717, 1.165) is 47.6 Å². The molecule has 0 amide bonds. The van der Waals surface area contributed by atoms with E-state index in [-0.39, 0.29) is 0 Å². The minimum Gasteiger partial charge on any atom is -0.493 e. The van der Waals surface area contributed by atoms with Crippen LogP contribution in [-0.4, -0.2) is 13.2 Å². The van der Waals surface area contributed by atoms with E-state index in [0.29, 0.717) is 0 Å². The Kier molecular flexibility index (Phi) is 14.3. The van der Waals surface area contributed by atoms with Crippen molar-refractivity contribution in [1.29, 1.82) is 0 Å². The maximum atomic E-state index is 5.99. The minimum atomic E-state index is 0.761. The van der Waals surface area contributed by atoms with Crippen molar-refractivity contribution in [2.24, 2.45) is 0 Å². The third-order valence-corrected chi connectivity index (χ3v) is 5.41. The third-order valence-electron chi connectivity index (χ3n) is 4.80. The molecule has 154 valence electrons. The van der Waals surface area contributed by atoms with E-state index in [1.165, 1.54) is 64.2 Å². The summed E-state index contributed by atoms with van der Waals surface area (Å²) in [6.45, 7) is 9.95. The van der Waals surface area contributed by atoms with Crippen LogP contribution in [0.15, 0.2) is 23.2 Å². The van der Waals surface area contributed by atoms with Crippen molar-refractivity contribution in [1.82, 2.24) is 0 Å². The minimum absolute atomic E-state index is 0.761. The predicted octanol–water partition coefficient (Wildman–Crippen LogP) is 8.57. The number of halogens is 1. The molecule has 0 unspecified atom stereocenters. The van der Waals surface area contributed by atoms with Gasteiger partial charge in [-0.1, -0.05) is 90.7 Å². The lowest BCUT2D eigenvalue weighted by Crippen LogP contribution is -2.02. The monoisotopic (exact) mass is 438 g/mol. The van der Waals surface area contributed by atoms with Crippen LogP contribution in [0, 0.1) is 0 Å². The third kappa shape index (κ3) is 10.8. The standard InChI is InChI=1S/C24H39BrO2/c1-4-7-9-11-13-15-17-26-23-20-22(25)24(19-21(23)6-3)27-18-16-14-12-10-8-5-2/h6,19-20H,3-5,7-18H2,1-2H3. The molecule has 0 aliphatic carbocycles. The molecule has 2 nitrogen and oxygen atoms in total. The Bertz CT molecular complexity index is 513. The van der Waals surface area contributed by atoms with Gasteiger partial charge in [0.05, 0.1) is 17.7 Å². The fraction of sp³-hybridized carbons (Fsp3) is 0.667. The highest BCUT2D eigenvalue weighted by Crippen LogP contribution is 2.34. The van der Waals surface area contributed by atoms with Crippen LogP contribution in [0.3, 0.4) is 0 Å². The molecule has 1 rings (SSSR count). The summed E-state index contributed by atoms with van der Waals surface area (Å²) in [5.74, 6) is 1.77. The smallest absolute Gasteiger partial charge is 0.134 e. The highest BCUT2D eigenvalue weighted by molar-refractivity contribution is 9.10. The largest absolute Gasteiger partial charge is 0.493 e. The Morgan fingerprint density at radius 1 is 0.741 bits per heavy atom. The van der Waals surface area contributed by atoms with Crippen molar-refractivity contribution in [3.63, 3.8) is 0 Å². The van der Waals surface area contributed by atoms with E-state index in [2.05, 4.69) is 36.4 Å². The fourth-order valence-electron chi connectivity index (χ4n) is 3.08. The molecule has 0 aliphatic heterocycles. The van der Waals surface area contributed by atoms with Crippen LogP contribution in [-0.2, 0) is 0 Å². The molecule has 1 aromatic carbocycles. The average molecular weight is 439 g/mol. The zero-order valence-electron chi connectivity index (χ0n) is 17.5. The second-order valence-electron chi connectivity index (χ2n) is 7.26. The van der Waals surface area contributed by atoms with Crippen molar-refractivity contribution < 1.29 is 9.47 Å². The van der Waals surface area contributed by atoms with Crippen LogP contribution in [0.5, 0.6) is 11.5 Å². The molecule has 0 N–H and O–H groups in total. The van der Waals surface area contributed by atoms with E-state index in [9.17, 15) is 0 Å². The average Bonchev–Trinajstić information content (AvgIpc) is 2.67. The second-order valence-corrected chi connectivity index (χ2v) is 8.11. The van der Waals surface area contributed by atoms with Gasteiger partial charge in [0.2, 0.25) is 0 Å². The Morgan fingerprint density at radius 3 is 1.74 bits per heavy atom. The number of hydrogen-bond acceptors (Lipinski definition) is 2. The van der Waals surface area contributed by atoms with Crippen molar-refractivity contribution in [2.75, 3.05) is 13.2 Å². The summed E-state index contributed by atoms with van der Waals surface area (Å²) < 4.78 is 12.9. The van der Waals surface area contributed by atoms with Gasteiger partial charge in [0, 0.05) is 5.56 Å². The van der Waals surface area contributed by atoms with Crippen LogP contribution in [0.1, 0.15) is 96.5 Å². The van der Waals surface area contributed by atoms with Gasteiger partial charge in [-0.05, 0) is 40.9 Å². The number of benzene rings is 1. The van der Waals surface area contributed by atoms with Gasteiger partial charge < -0.3 is 9.47 Å². The summed E-state index contributed by atoms with van der Waals surface area (Å²) in [6.07, 6.45) is 17.1. The maximum Gasteiger partial charge on any atom is 0.134 e. The lowest BCUT2D eigenvalue weighted by molar-refractivity contribution is 0.294. The van der Waals surface area contributed by atoms with Gasteiger partial charge >= 0.3 is 0 Å². The Balaban J connectivity index is 2.37. The quantitative estimate of drug-likeness (QED) is 0.226. The van der Waals surface area contributed by atoms with E-state index in [1.54, 1.807) is 0 Å². The molecule has 3 heteroatoms. The molecular formula is C24H39BrO2. The number of unbranched alkanes of at least 4 members (excludes halogenated alkanes) is 10. The van der Waals surface area contributed by atoms with Crippen LogP contribution >= 0.6 is 15.9 Å². The first-order chi connectivity index (χ1) is 13.2. The number of hydrogen-bond donors (Lipinski definition) is 0. The molecule has 0 saturated carbocycles. The zero-order valence-corrected chi connectivity index (χ0v) is 19.1. The van der Waals surface area contributed by atoms with E-state index >= 15 is 0 Å². The first-order valence-corrected chi connectivity index (χ1v) is 11.7. The molecule has 0 heterocycles. The molecule has 27 heavy (non-hydrogen) atoms. The zero-order chi connectivity index (χ0) is 19.7. The van der Waals surface area contributed by atoms with Crippen molar-refractivity contribution in [3.8, 4) is 11.5 Å². The highest BCUT2D eigenvalue weighted by atomic mass is 79.9. The summed E-state index contributed by atoms with van der Waals surface area (Å²) in [6, 6.07) is 4.05. The SMILES string of the molecule is C=Cc1cc(OCCCCCCCC)c(Br)cc1OCCCCCCCC. The van der Waals surface area contributed by atoms with Gasteiger partial charge in [-0.15, -0.1) is 0 Å². The van der Waals surface area contributed by atoms with Crippen molar-refractivity contribution in [2.45, 2.75) is 90.9 Å². The summed E-state index contributed by atoms with van der Waals surface area (Å²) >= 11 is 3.63. The van der Waals surface area contributed by atoms with Crippen LogP contribution in [0.2, 0.25) is 0 Å². The summed E-state index contributed by atoms with van der Waals surface area (Å²) in [5.41, 5.74) is 1.00. The molecule has 0 saturated heterocycles. The van der Waals surface area contributed by atoms with Gasteiger partial charge in [-0.2, -0.15) is 0 Å². The molecule has 1 aromatic rings. The topological polar surface area (TPSA) is 18.5 Å². The highest BCUT2D eigenvalue weighted by Gasteiger charge is 2.09. The molecule has 0 aliphatic rings. The van der Waals surface area contributed by atoms with E-state index in [4.69, 9.17) is 9.47 Å². The van der Waals surface area contributed by atoms with E-state index in [1.807, 2.05) is 18.2 Å². The lowest BCUT2D eigenvalue weighted by atomic mass is 10.1. The molecule has 0 aromatic heterocycles. The van der Waals surface area contributed by atoms with Crippen LogP contribution in [0.25, 0.3) is 6.08 Å². The van der Waals surface area contributed by atoms with Crippen molar-refractivity contribution >= 4 is 22.0 Å². The predicted molar refractivity (Wildman–Crippen MR) is 122 cm³/mol. The molecular weight excluding hydrogens is 400 g/mol. The molecule has 0 radical (unpaired) electrons. The van der Waals surface area contributed by atoms with Crippen LogP contribution < -0.4 is 9.47 Å². The molecule has 0 atom stereocenters. The molecule has 0 spiro atoms. The summed E-state index contributed by atoms with van der Waals surface area (Å²) in [4.78, 5) is 0. The Morgan fingerprint density at radius 2 is 1.22 bits per heavy atom. The summed E-state index contributed by atoms with van der Waals surface area (Å²) in [5, 5.41) is 0. The van der Waals surface area contributed by atoms with Gasteiger partial charge in [-0.25, -0.2) is 0 Å². The Hall–Kier alpha value is -0.960. The van der Waals surface area contributed by atoms with Gasteiger partial charge in [-0.3, -0.25) is 0 Å². The molecule has 0 bridgehead atoms. The molecule has 0 fully saturated rings. The first kappa shape index (κ1) is 24.1. The number of ether oxygens (including phenoxy) is 2. The van der Waals surface area contributed by atoms with Gasteiger partial charge in [0.25, 0.3) is 0 Å². The second kappa shape index (κ2) is 16.0. The van der Waals surface area contributed by atoms with Gasteiger partial charge in [0.1, 0.15) is 11.5 Å². The first-order valence-electron chi connectivity index (χ1n) is 10.9. The van der Waals surface area contributed by atoms with E-state index < -0.39 is 0 Å². The van der Waals surface area contributed by atoms with Crippen LogP contribution in [0.4, 0.5) is 0 Å². The lowest BCUT2D eigenvalue weighted by Gasteiger charge is -2.14. The van der Waals surface area contributed by atoms with Gasteiger partial charge in [0.15, 0.2) is 0 Å². The number of rotatable bonds is 17. The normalized spacial score (nSPS) is 10.8. The Labute approximate surface area is 175 Å². The summed E-state index contributed by atoms with van der Waals surface area (Å²) in [7, 11) is 0. The maximum absolute atomic E-state index is 5.99.